The molecule has 0 saturated carbocycles. The van der Waals surface area contributed by atoms with Gasteiger partial charge in [0.05, 0.1) is 11.6 Å². The molecule has 0 amide bonds. The summed E-state index contributed by atoms with van der Waals surface area (Å²) in [5, 5.41) is 40.9. The summed E-state index contributed by atoms with van der Waals surface area (Å²) in [5.41, 5.74) is 8.63. The number of halogens is 2. The number of aryl methyl sites for hydroxylation is 7. The van der Waals surface area contributed by atoms with Crippen molar-refractivity contribution >= 4 is 269 Å². The van der Waals surface area contributed by atoms with Gasteiger partial charge in [-0.3, -0.25) is 14.7 Å². The van der Waals surface area contributed by atoms with Gasteiger partial charge in [0.25, 0.3) is 0 Å². The summed E-state index contributed by atoms with van der Waals surface area (Å²) < 4.78 is 41.9. The lowest BCUT2D eigenvalue weighted by Gasteiger charge is -2.13. The second kappa shape index (κ2) is 53.7. The van der Waals surface area contributed by atoms with Gasteiger partial charge in [-0.05, 0) is 342 Å². The van der Waals surface area contributed by atoms with Gasteiger partial charge in [0.2, 0.25) is 0 Å². The van der Waals surface area contributed by atoms with Crippen LogP contribution < -0.4 is 9.47 Å². The second-order valence-electron chi connectivity index (χ2n) is 27.1. The summed E-state index contributed by atoms with van der Waals surface area (Å²) in [6.07, 6.45) is 13.1. The van der Waals surface area contributed by atoms with Crippen molar-refractivity contribution in [3.8, 4) is 99.3 Å². The van der Waals surface area contributed by atoms with Crippen LogP contribution >= 0.6 is 254 Å². The van der Waals surface area contributed by atoms with Gasteiger partial charge < -0.3 is 9.47 Å². The Morgan fingerprint density at radius 1 is 0.368 bits per heavy atom. The molecular formula is C95H91BrINO7S20. The van der Waals surface area contributed by atoms with Gasteiger partial charge in [0.15, 0.2) is 11.5 Å². The molecule has 0 unspecified atom stereocenters. The van der Waals surface area contributed by atoms with Crippen LogP contribution in [0, 0.1) is 47.6 Å². The van der Waals surface area contributed by atoms with Crippen LogP contribution in [-0.2, 0) is 23.0 Å². The van der Waals surface area contributed by atoms with Crippen LogP contribution in [0.5, 0.6) is 11.5 Å². The number of fused-ring (bicyclic) bond motifs is 1. The van der Waals surface area contributed by atoms with Crippen molar-refractivity contribution in [3.63, 3.8) is 0 Å². The minimum atomic E-state index is -3.94. The molecule has 20 rings (SSSR count). The zero-order valence-corrected chi connectivity index (χ0v) is 89.3. The van der Waals surface area contributed by atoms with Crippen molar-refractivity contribution in [1.29, 1.82) is 0 Å². The molecule has 0 saturated heterocycles. The minimum absolute atomic E-state index is 0.0116. The van der Waals surface area contributed by atoms with Gasteiger partial charge in [-0.1, -0.05) is 100 Å². The van der Waals surface area contributed by atoms with Crippen LogP contribution in [0.15, 0.2) is 271 Å². The van der Waals surface area contributed by atoms with Crippen molar-refractivity contribution in [2.24, 2.45) is 0 Å². The Morgan fingerprint density at radius 3 is 1.03 bits per heavy atom. The number of hydrogen-bond donors (Lipinski definition) is 1. The Morgan fingerprint density at radius 2 is 0.728 bits per heavy atom. The Kier molecular flexibility index (Phi) is 42.9. The van der Waals surface area contributed by atoms with E-state index in [-0.39, 0.29) is 9.21 Å². The van der Waals surface area contributed by atoms with E-state index in [2.05, 4.69) is 280 Å². The third-order valence-corrected chi connectivity index (χ3v) is 40.6. The third-order valence-electron chi connectivity index (χ3n) is 17.9. The van der Waals surface area contributed by atoms with Crippen molar-refractivity contribution in [2.45, 2.75) is 117 Å². The van der Waals surface area contributed by atoms with Crippen LogP contribution in [0.1, 0.15) is 103 Å². The number of hydrogen-bond acceptors (Lipinski definition) is 25. The SMILES string of the molecule is Brc1cccs1.CCCCCCc1ccsc1-c1ccc(-c2ccc(-c3sccc3CCCCCC)s2)s1.Cc1cccs1.Cc1ccsc1-c1ccc(-c2sccc2C)s1.Cc1ccsc1-c1sccc1C.Ic1cccs1.O=S(=O)(O)c1cccs1.O=[N+]([O-])c1cccs1.c1csc(-c2ccc(-c3ccc(-c4cccs4)s3)s2)c1.c1scc2c1OCCO2. The van der Waals surface area contributed by atoms with E-state index in [1.807, 2.05) is 159 Å². The highest BCUT2D eigenvalue weighted by Crippen LogP contribution is 2.47. The smallest absolute Gasteiger partial charge is 0.324 e. The lowest BCUT2D eigenvalue weighted by Crippen LogP contribution is -2.13. The maximum atomic E-state index is 10.3. The molecule has 0 aliphatic carbocycles. The van der Waals surface area contributed by atoms with Crippen molar-refractivity contribution in [1.82, 2.24) is 0 Å². The molecule has 19 aromatic rings. The third kappa shape index (κ3) is 32.2. The first kappa shape index (κ1) is 100.0. The predicted molar refractivity (Wildman–Crippen MR) is 580 cm³/mol. The molecule has 0 spiro atoms. The van der Waals surface area contributed by atoms with E-state index in [1.54, 1.807) is 90.9 Å². The molecule has 652 valence electrons. The highest BCUT2D eigenvalue weighted by Gasteiger charge is 2.18. The summed E-state index contributed by atoms with van der Waals surface area (Å²) in [7, 11) is -3.94. The number of unbranched alkanes of at least 4 members (excludes halogenated alkanes) is 6. The average molecular weight is 2210 g/mol. The molecule has 0 bridgehead atoms. The first-order chi connectivity index (χ1) is 60.8. The maximum Gasteiger partial charge on any atom is 0.324 e. The largest absolute Gasteiger partial charge is 0.485 e. The van der Waals surface area contributed by atoms with Gasteiger partial charge in [-0.25, -0.2) is 0 Å². The molecule has 1 aliphatic rings. The Labute approximate surface area is 832 Å². The molecule has 19 aromatic heterocycles. The predicted octanol–water partition coefficient (Wildman–Crippen LogP) is 39.1. The van der Waals surface area contributed by atoms with Crippen molar-refractivity contribution < 1.29 is 27.4 Å². The molecule has 0 radical (unpaired) electrons. The molecule has 0 atom stereocenters. The van der Waals surface area contributed by atoms with Crippen molar-refractivity contribution in [2.75, 3.05) is 13.2 Å². The van der Waals surface area contributed by atoms with Crippen LogP contribution in [0.4, 0.5) is 5.00 Å². The first-order valence-electron chi connectivity index (χ1n) is 39.6. The number of rotatable bonds is 21. The average Bonchev–Trinajstić information content (AvgIpc) is 1.66. The first-order valence-corrected chi connectivity index (χ1v) is 59.3. The fourth-order valence-electron chi connectivity index (χ4n) is 11.7. The Hall–Kier alpha value is -5.58. The molecule has 125 heavy (non-hydrogen) atoms. The van der Waals surface area contributed by atoms with Crippen LogP contribution in [0.2, 0.25) is 0 Å². The quantitative estimate of drug-likeness (QED) is 0.0250. The number of nitrogens with zero attached hydrogens (tertiary/aromatic N) is 1. The highest BCUT2D eigenvalue weighted by atomic mass is 127. The molecule has 0 fully saturated rings. The number of thiophene rings is 19. The molecule has 0 aromatic carbocycles. The van der Waals surface area contributed by atoms with E-state index in [1.165, 1.54) is 209 Å². The van der Waals surface area contributed by atoms with E-state index in [4.69, 9.17) is 14.0 Å². The fourth-order valence-corrected chi connectivity index (χ4v) is 30.3. The van der Waals surface area contributed by atoms with Gasteiger partial charge in [0, 0.05) is 109 Å². The summed E-state index contributed by atoms with van der Waals surface area (Å²) in [4.78, 5) is 36.2. The van der Waals surface area contributed by atoms with E-state index in [9.17, 15) is 18.5 Å². The second-order valence-corrected chi connectivity index (χ2v) is 50.5. The van der Waals surface area contributed by atoms with Gasteiger partial charge in [0.1, 0.15) is 17.4 Å². The highest BCUT2D eigenvalue weighted by molar-refractivity contribution is 14.1. The number of ether oxygens (including phenoxy) is 2. The lowest BCUT2D eigenvalue weighted by molar-refractivity contribution is -0.380. The topological polar surface area (TPSA) is 116 Å². The Balaban J connectivity index is 0.000000143. The van der Waals surface area contributed by atoms with Crippen LogP contribution in [-0.4, -0.2) is 31.1 Å². The van der Waals surface area contributed by atoms with E-state index < -0.39 is 15.0 Å². The van der Waals surface area contributed by atoms with Crippen LogP contribution in [0.3, 0.4) is 0 Å². The van der Waals surface area contributed by atoms with Crippen LogP contribution in [0.25, 0.3) is 87.8 Å². The summed E-state index contributed by atoms with van der Waals surface area (Å²) in [5.74, 6) is 1.79. The summed E-state index contributed by atoms with van der Waals surface area (Å²) >= 11 is 38.9. The molecule has 30 heteroatoms. The lowest BCUT2D eigenvalue weighted by atomic mass is 10.1. The van der Waals surface area contributed by atoms with E-state index in [0.29, 0.717) is 13.2 Å². The normalized spacial score (nSPS) is 11.0. The van der Waals surface area contributed by atoms with E-state index >= 15 is 0 Å². The molecule has 20 heterocycles. The molecule has 1 aliphatic heterocycles. The molecular weight excluding hydrogens is 2120 g/mol. The summed E-state index contributed by atoms with van der Waals surface area (Å²) in [6.45, 7) is 16.7. The van der Waals surface area contributed by atoms with Gasteiger partial charge >= 0.3 is 15.1 Å². The Bertz CT molecular complexity index is 5880. The molecule has 8 nitrogen and oxygen atoms in total. The zero-order chi connectivity index (χ0) is 88.1. The summed E-state index contributed by atoms with van der Waals surface area (Å²) in [6, 6.07) is 63.2. The van der Waals surface area contributed by atoms with Gasteiger partial charge in [-0.2, -0.15) is 8.42 Å². The van der Waals surface area contributed by atoms with E-state index in [0.717, 1.165) is 34.2 Å². The fraction of sp³-hybridized carbons (Fsp3) is 0.200. The zero-order valence-electron chi connectivity index (χ0n) is 69.2. The minimum Gasteiger partial charge on any atom is -0.485 e. The maximum absolute atomic E-state index is 10.3. The number of nitro groups is 1. The monoisotopic (exact) mass is 2200 g/mol. The van der Waals surface area contributed by atoms with Gasteiger partial charge in [-0.15, -0.1) is 204 Å². The molecule has 1 N–H and O–H groups in total. The standard InChI is InChI=1S/C28H34S4.C16H10S4.C14H12S3.C10H10S2.C6H6O2S.C5H6S.C4H3BrS.C4H3IS.C4H3NO2S.C4H4O3S2/c1-3-5-7-9-11-21-17-19-29-27(21)25-15-13-23(31-25)24-14-16-26(32-24)28-22(18-20-30-28)12-10-8-6-4-2;1-3-11(17-9-1)13-5-7-15(19-13)16-8-6-14(20-16)12-4-2-10-18-12;1-9-5-7-15-13(9)11-3-4-12(17-11)14-10(2)6-8-16-14;1-7-3-5-11-9(7)10-8(2)4-6-12-10;1-2-8-6-4-9-3-5(6)7-1;1-5-3-2-4-6-5;2*5-4-2-1-3-6-4;6-5(7)4-2-1-3-8-4;5-9(6,7)4-2-1-3-8-4/h13-20H,3-12H2,1-2H3;1-10H;3-8H,1-2H3;3-6H,1-2H3;3-4H,1-2H2;2-4H,1H3;2*1-3H;1-3H;1-3H,(H,5,6,7). The van der Waals surface area contributed by atoms with Crippen molar-refractivity contribution in [3.05, 3.63) is 318 Å².